The Kier molecular flexibility index (Phi) is 6.67. The molecule has 0 saturated carbocycles. The molecule has 1 atom stereocenters. The van der Waals surface area contributed by atoms with Crippen molar-refractivity contribution in [2.75, 3.05) is 11.9 Å². The highest BCUT2D eigenvalue weighted by molar-refractivity contribution is 6.30. The van der Waals surface area contributed by atoms with Crippen LogP contribution in [0.25, 0.3) is 0 Å². The number of halogens is 1. The Labute approximate surface area is 123 Å². The molecule has 108 valence electrons. The van der Waals surface area contributed by atoms with Gasteiger partial charge in [-0.1, -0.05) is 44.9 Å². The standard InChI is InChI=1S/C16H27ClN2/c1-6-7-13(4)19(5)16-10-15(17)9-8-14(16)11-18-12(2)3/h8-10,12-13,18H,6-7,11H2,1-5H3. The van der Waals surface area contributed by atoms with E-state index in [-0.39, 0.29) is 0 Å². The molecule has 19 heavy (non-hydrogen) atoms. The van der Waals surface area contributed by atoms with Crippen LogP contribution in [0.3, 0.4) is 0 Å². The molecule has 1 rings (SSSR count). The molecule has 0 fully saturated rings. The molecule has 0 saturated heterocycles. The fraction of sp³-hybridized carbons (Fsp3) is 0.625. The minimum absolute atomic E-state index is 0.488. The smallest absolute Gasteiger partial charge is 0.0426 e. The molecule has 0 aliphatic rings. The van der Waals surface area contributed by atoms with E-state index in [9.17, 15) is 0 Å². The minimum Gasteiger partial charge on any atom is -0.372 e. The monoisotopic (exact) mass is 282 g/mol. The molecule has 0 aliphatic carbocycles. The molecule has 0 aromatic heterocycles. The van der Waals surface area contributed by atoms with E-state index in [2.05, 4.69) is 57.1 Å². The van der Waals surface area contributed by atoms with E-state index in [0.717, 1.165) is 11.6 Å². The van der Waals surface area contributed by atoms with Crippen LogP contribution in [0.15, 0.2) is 18.2 Å². The molecular weight excluding hydrogens is 256 g/mol. The molecule has 1 aromatic rings. The third-order valence-corrected chi connectivity index (χ3v) is 3.73. The first-order chi connectivity index (χ1) is 8.95. The van der Waals surface area contributed by atoms with Crippen LogP contribution < -0.4 is 10.2 Å². The molecule has 0 spiro atoms. The van der Waals surface area contributed by atoms with E-state index in [1.807, 2.05) is 6.07 Å². The lowest BCUT2D eigenvalue weighted by molar-refractivity contribution is 0.581. The van der Waals surface area contributed by atoms with Gasteiger partial charge in [-0.25, -0.2) is 0 Å². The topological polar surface area (TPSA) is 15.3 Å². The van der Waals surface area contributed by atoms with Crippen LogP contribution in [-0.4, -0.2) is 19.1 Å². The van der Waals surface area contributed by atoms with Crippen molar-refractivity contribution in [2.24, 2.45) is 0 Å². The molecule has 1 aromatic carbocycles. The first-order valence-electron chi connectivity index (χ1n) is 7.20. The van der Waals surface area contributed by atoms with Crippen molar-refractivity contribution < 1.29 is 0 Å². The summed E-state index contributed by atoms with van der Waals surface area (Å²) in [5.74, 6) is 0. The maximum atomic E-state index is 6.16. The predicted molar refractivity (Wildman–Crippen MR) is 86.2 cm³/mol. The Morgan fingerprint density at radius 2 is 1.95 bits per heavy atom. The predicted octanol–water partition coefficient (Wildman–Crippen LogP) is 4.46. The Bertz CT molecular complexity index is 390. The summed E-state index contributed by atoms with van der Waals surface area (Å²) < 4.78 is 0. The molecule has 1 N–H and O–H groups in total. The lowest BCUT2D eigenvalue weighted by atomic mass is 10.1. The zero-order chi connectivity index (χ0) is 14.4. The lowest BCUT2D eigenvalue weighted by Gasteiger charge is -2.29. The van der Waals surface area contributed by atoms with Crippen molar-refractivity contribution >= 4 is 17.3 Å². The summed E-state index contributed by atoms with van der Waals surface area (Å²) in [6.07, 6.45) is 2.39. The Balaban J connectivity index is 2.92. The summed E-state index contributed by atoms with van der Waals surface area (Å²) in [5.41, 5.74) is 2.55. The van der Waals surface area contributed by atoms with Crippen LogP contribution in [0.5, 0.6) is 0 Å². The summed E-state index contributed by atoms with van der Waals surface area (Å²) >= 11 is 6.16. The molecule has 1 unspecified atom stereocenters. The van der Waals surface area contributed by atoms with Gasteiger partial charge in [-0.2, -0.15) is 0 Å². The number of hydrogen-bond donors (Lipinski definition) is 1. The number of nitrogens with zero attached hydrogens (tertiary/aromatic N) is 1. The Morgan fingerprint density at radius 1 is 1.26 bits per heavy atom. The zero-order valence-electron chi connectivity index (χ0n) is 12.8. The van der Waals surface area contributed by atoms with Crippen LogP contribution in [0.4, 0.5) is 5.69 Å². The summed E-state index contributed by atoms with van der Waals surface area (Å²) in [6.45, 7) is 9.71. The van der Waals surface area contributed by atoms with Gasteiger partial charge in [-0.05, 0) is 31.0 Å². The van der Waals surface area contributed by atoms with Crippen molar-refractivity contribution in [1.29, 1.82) is 0 Å². The van der Waals surface area contributed by atoms with Gasteiger partial charge in [0.15, 0.2) is 0 Å². The molecular formula is C16H27ClN2. The summed E-state index contributed by atoms with van der Waals surface area (Å²) in [4.78, 5) is 2.34. The van der Waals surface area contributed by atoms with Crippen LogP contribution in [0.1, 0.15) is 46.1 Å². The van der Waals surface area contributed by atoms with Gasteiger partial charge in [0.25, 0.3) is 0 Å². The van der Waals surface area contributed by atoms with Gasteiger partial charge in [-0.15, -0.1) is 0 Å². The fourth-order valence-electron chi connectivity index (χ4n) is 2.18. The first kappa shape index (κ1) is 16.3. The Hall–Kier alpha value is -0.730. The van der Waals surface area contributed by atoms with E-state index in [4.69, 9.17) is 11.6 Å². The van der Waals surface area contributed by atoms with E-state index in [1.54, 1.807) is 0 Å². The number of anilines is 1. The number of rotatable bonds is 7. The summed E-state index contributed by atoms with van der Waals surface area (Å²) in [5, 5.41) is 4.28. The fourth-order valence-corrected chi connectivity index (χ4v) is 2.34. The van der Waals surface area contributed by atoms with Gasteiger partial charge in [0.2, 0.25) is 0 Å². The van der Waals surface area contributed by atoms with Crippen LogP contribution in [0.2, 0.25) is 5.02 Å². The van der Waals surface area contributed by atoms with Gasteiger partial charge in [-0.3, -0.25) is 0 Å². The minimum atomic E-state index is 0.488. The molecule has 0 amide bonds. The van der Waals surface area contributed by atoms with Gasteiger partial charge in [0, 0.05) is 36.4 Å². The van der Waals surface area contributed by atoms with Crippen LogP contribution >= 0.6 is 11.6 Å². The van der Waals surface area contributed by atoms with E-state index in [0.29, 0.717) is 12.1 Å². The normalized spacial score (nSPS) is 12.8. The second-order valence-corrected chi connectivity index (χ2v) is 5.99. The van der Waals surface area contributed by atoms with E-state index < -0.39 is 0 Å². The molecule has 0 aliphatic heterocycles. The van der Waals surface area contributed by atoms with Crippen LogP contribution in [-0.2, 0) is 6.54 Å². The van der Waals surface area contributed by atoms with Gasteiger partial charge in [0.1, 0.15) is 0 Å². The summed E-state index contributed by atoms with van der Waals surface area (Å²) in [6, 6.07) is 7.19. The van der Waals surface area contributed by atoms with Crippen molar-refractivity contribution in [3.05, 3.63) is 28.8 Å². The van der Waals surface area contributed by atoms with Crippen molar-refractivity contribution in [3.63, 3.8) is 0 Å². The highest BCUT2D eigenvalue weighted by Gasteiger charge is 2.13. The maximum Gasteiger partial charge on any atom is 0.0426 e. The number of benzene rings is 1. The highest BCUT2D eigenvalue weighted by Crippen LogP contribution is 2.26. The van der Waals surface area contributed by atoms with E-state index in [1.165, 1.54) is 24.1 Å². The van der Waals surface area contributed by atoms with Gasteiger partial charge in [0.05, 0.1) is 0 Å². The third kappa shape index (κ3) is 5.04. The second kappa shape index (κ2) is 7.76. The first-order valence-corrected chi connectivity index (χ1v) is 7.58. The highest BCUT2D eigenvalue weighted by atomic mass is 35.5. The van der Waals surface area contributed by atoms with Crippen molar-refractivity contribution in [3.8, 4) is 0 Å². The number of hydrogen-bond acceptors (Lipinski definition) is 2. The van der Waals surface area contributed by atoms with Gasteiger partial charge < -0.3 is 10.2 Å². The number of nitrogens with one attached hydrogen (secondary N) is 1. The lowest BCUT2D eigenvalue weighted by Crippen LogP contribution is -2.30. The van der Waals surface area contributed by atoms with E-state index >= 15 is 0 Å². The molecule has 3 heteroatoms. The quantitative estimate of drug-likeness (QED) is 0.794. The van der Waals surface area contributed by atoms with Gasteiger partial charge >= 0.3 is 0 Å². The molecule has 0 radical (unpaired) electrons. The van der Waals surface area contributed by atoms with Crippen LogP contribution in [0, 0.1) is 0 Å². The van der Waals surface area contributed by atoms with Crippen molar-refractivity contribution in [1.82, 2.24) is 5.32 Å². The maximum absolute atomic E-state index is 6.16. The molecule has 2 nitrogen and oxygen atoms in total. The average Bonchev–Trinajstić information content (AvgIpc) is 2.36. The third-order valence-electron chi connectivity index (χ3n) is 3.50. The second-order valence-electron chi connectivity index (χ2n) is 5.56. The average molecular weight is 283 g/mol. The molecule has 0 heterocycles. The zero-order valence-corrected chi connectivity index (χ0v) is 13.6. The van der Waals surface area contributed by atoms with Crippen molar-refractivity contribution in [2.45, 2.75) is 59.2 Å². The largest absolute Gasteiger partial charge is 0.372 e. The molecule has 0 bridgehead atoms. The Morgan fingerprint density at radius 3 is 2.53 bits per heavy atom. The SMILES string of the molecule is CCCC(C)N(C)c1cc(Cl)ccc1CNC(C)C. The summed E-state index contributed by atoms with van der Waals surface area (Å²) in [7, 11) is 2.16.